The van der Waals surface area contributed by atoms with Crippen LogP contribution in [0.25, 0.3) is 22.0 Å². The fourth-order valence-electron chi connectivity index (χ4n) is 3.78. The number of nitrogens with two attached hydrogens (primary N) is 1. The lowest BCUT2D eigenvalue weighted by Crippen LogP contribution is -2.32. The predicted octanol–water partition coefficient (Wildman–Crippen LogP) is 4.99. The lowest BCUT2D eigenvalue weighted by Gasteiger charge is -2.19. The SMILES string of the molecule is COc1ncc(-c2ccc3nc(N)c(CNC(=O)OC(C)(C)C)cc3c2)cc1NS(=O)(=O)c1ccc(F)cc1F. The topological polar surface area (TPSA) is 146 Å². The zero-order chi connectivity index (χ0) is 29.2. The Hall–Kier alpha value is -4.52. The molecule has 13 heteroatoms. The van der Waals surface area contributed by atoms with Crippen LogP contribution in [0, 0.1) is 11.6 Å². The number of aromatic nitrogens is 2. The maximum absolute atomic E-state index is 14.2. The van der Waals surface area contributed by atoms with Crippen LogP contribution in [0.2, 0.25) is 0 Å². The highest BCUT2D eigenvalue weighted by atomic mass is 32.2. The van der Waals surface area contributed by atoms with Crippen molar-refractivity contribution in [3.05, 3.63) is 71.9 Å². The van der Waals surface area contributed by atoms with Crippen LogP contribution in [0.1, 0.15) is 26.3 Å². The number of pyridine rings is 2. The number of carbonyl (C=O) groups is 1. The highest BCUT2D eigenvalue weighted by Gasteiger charge is 2.22. The zero-order valence-corrected chi connectivity index (χ0v) is 22.9. The quantitative estimate of drug-likeness (QED) is 0.281. The average Bonchev–Trinajstić information content (AvgIpc) is 2.85. The Balaban J connectivity index is 1.65. The summed E-state index contributed by atoms with van der Waals surface area (Å²) in [5.41, 5.74) is 7.69. The van der Waals surface area contributed by atoms with Crippen molar-refractivity contribution in [2.75, 3.05) is 17.6 Å². The number of ether oxygens (including phenoxy) is 2. The molecule has 0 radical (unpaired) electrons. The average molecular weight is 572 g/mol. The number of fused-ring (bicyclic) bond motifs is 1. The van der Waals surface area contributed by atoms with Gasteiger partial charge in [-0.3, -0.25) is 4.72 Å². The molecule has 10 nitrogen and oxygen atoms in total. The van der Waals surface area contributed by atoms with Gasteiger partial charge in [0.15, 0.2) is 0 Å². The number of carbonyl (C=O) groups excluding carboxylic acids is 1. The Labute approximate surface area is 229 Å². The number of nitrogens with zero attached hydrogens (tertiary/aromatic N) is 2. The summed E-state index contributed by atoms with van der Waals surface area (Å²) in [6.45, 7) is 5.35. The van der Waals surface area contributed by atoms with Crippen molar-refractivity contribution < 1.29 is 31.5 Å². The van der Waals surface area contributed by atoms with Crippen molar-refractivity contribution in [3.8, 4) is 17.0 Å². The molecule has 1 amide bonds. The predicted molar refractivity (Wildman–Crippen MR) is 146 cm³/mol. The van der Waals surface area contributed by atoms with Crippen LogP contribution in [0.5, 0.6) is 5.88 Å². The first kappa shape index (κ1) is 28.5. The first-order valence-electron chi connectivity index (χ1n) is 11.9. The maximum Gasteiger partial charge on any atom is 0.407 e. The molecule has 4 rings (SSSR count). The summed E-state index contributed by atoms with van der Waals surface area (Å²) in [6, 6.07) is 10.7. The van der Waals surface area contributed by atoms with Gasteiger partial charge in [-0.2, -0.15) is 0 Å². The van der Waals surface area contributed by atoms with Crippen molar-refractivity contribution in [1.29, 1.82) is 0 Å². The smallest absolute Gasteiger partial charge is 0.407 e. The van der Waals surface area contributed by atoms with E-state index < -0.39 is 38.2 Å². The first-order chi connectivity index (χ1) is 18.8. The maximum atomic E-state index is 14.2. The number of nitrogens with one attached hydrogen (secondary N) is 2. The molecule has 2 aromatic carbocycles. The third-order valence-electron chi connectivity index (χ3n) is 5.55. The first-order valence-corrected chi connectivity index (χ1v) is 13.4. The summed E-state index contributed by atoms with van der Waals surface area (Å²) in [4.78, 5) is 19.9. The van der Waals surface area contributed by atoms with Crippen molar-refractivity contribution >= 4 is 38.5 Å². The number of alkyl carbamates (subject to hydrolysis) is 1. The van der Waals surface area contributed by atoms with Crippen LogP contribution in [0.3, 0.4) is 0 Å². The Bertz CT molecular complexity index is 1710. The summed E-state index contributed by atoms with van der Waals surface area (Å²) >= 11 is 0. The third kappa shape index (κ3) is 6.54. The molecule has 4 N–H and O–H groups in total. The molecular formula is C27H27F2N5O5S. The number of rotatable bonds is 7. The van der Waals surface area contributed by atoms with Crippen molar-refractivity contribution in [2.24, 2.45) is 0 Å². The van der Waals surface area contributed by atoms with E-state index in [9.17, 15) is 22.0 Å². The number of hydrogen-bond donors (Lipinski definition) is 3. The number of methoxy groups -OCH3 is 1. The van der Waals surface area contributed by atoms with Gasteiger partial charge < -0.3 is 20.5 Å². The second kappa shape index (κ2) is 10.9. The van der Waals surface area contributed by atoms with Gasteiger partial charge in [0.1, 0.15) is 33.6 Å². The minimum Gasteiger partial charge on any atom is -0.480 e. The van der Waals surface area contributed by atoms with Gasteiger partial charge in [0.25, 0.3) is 10.0 Å². The zero-order valence-electron chi connectivity index (χ0n) is 22.1. The monoisotopic (exact) mass is 571 g/mol. The van der Waals surface area contributed by atoms with E-state index in [0.29, 0.717) is 33.7 Å². The number of sulfonamides is 1. The second-order valence-corrected chi connectivity index (χ2v) is 11.4. The minimum atomic E-state index is -4.44. The van der Waals surface area contributed by atoms with E-state index >= 15 is 0 Å². The van der Waals surface area contributed by atoms with E-state index in [2.05, 4.69) is 20.0 Å². The van der Waals surface area contributed by atoms with Crippen LogP contribution in [-0.4, -0.2) is 37.2 Å². The number of hydrogen-bond acceptors (Lipinski definition) is 8. The summed E-state index contributed by atoms with van der Waals surface area (Å²) in [6.07, 6.45) is 0.881. The van der Waals surface area contributed by atoms with E-state index in [0.717, 1.165) is 12.1 Å². The molecule has 0 bridgehead atoms. The molecule has 2 aromatic heterocycles. The molecule has 0 atom stereocenters. The normalized spacial score (nSPS) is 11.8. The Morgan fingerprint density at radius 3 is 2.48 bits per heavy atom. The van der Waals surface area contributed by atoms with Crippen molar-refractivity contribution in [2.45, 2.75) is 37.8 Å². The van der Waals surface area contributed by atoms with Gasteiger partial charge in [0, 0.05) is 35.3 Å². The van der Waals surface area contributed by atoms with E-state index in [4.69, 9.17) is 15.2 Å². The largest absolute Gasteiger partial charge is 0.480 e. The summed E-state index contributed by atoms with van der Waals surface area (Å²) in [7, 11) is -3.14. The number of amides is 1. The lowest BCUT2D eigenvalue weighted by molar-refractivity contribution is 0.0523. The van der Waals surface area contributed by atoms with Gasteiger partial charge in [-0.1, -0.05) is 6.07 Å². The van der Waals surface area contributed by atoms with Gasteiger partial charge in [0.05, 0.1) is 12.6 Å². The van der Waals surface area contributed by atoms with E-state index in [1.165, 1.54) is 19.4 Å². The van der Waals surface area contributed by atoms with Gasteiger partial charge >= 0.3 is 6.09 Å². The third-order valence-corrected chi connectivity index (χ3v) is 6.95. The van der Waals surface area contributed by atoms with Crippen LogP contribution in [0.4, 0.5) is 25.1 Å². The minimum absolute atomic E-state index is 0.0542. The number of anilines is 2. The van der Waals surface area contributed by atoms with Crippen LogP contribution in [0.15, 0.2) is 59.6 Å². The highest BCUT2D eigenvalue weighted by molar-refractivity contribution is 7.92. The second-order valence-electron chi connectivity index (χ2n) is 9.76. The Kier molecular flexibility index (Phi) is 7.78. The highest BCUT2D eigenvalue weighted by Crippen LogP contribution is 2.32. The van der Waals surface area contributed by atoms with Gasteiger partial charge in [-0.15, -0.1) is 0 Å². The molecule has 0 unspecified atom stereocenters. The molecule has 4 aromatic rings. The molecule has 0 saturated heterocycles. The molecule has 0 aliphatic heterocycles. The van der Waals surface area contributed by atoms with Crippen molar-refractivity contribution in [1.82, 2.24) is 15.3 Å². The number of nitrogen functional groups attached to an aromatic ring is 1. The fraction of sp³-hybridized carbons (Fsp3) is 0.222. The lowest BCUT2D eigenvalue weighted by atomic mass is 10.0. The number of benzene rings is 2. The summed E-state index contributed by atoms with van der Waals surface area (Å²) in [5.74, 6) is -1.96. The van der Waals surface area contributed by atoms with Crippen LogP contribution in [-0.2, 0) is 21.3 Å². The van der Waals surface area contributed by atoms with Gasteiger partial charge in [0.2, 0.25) is 5.88 Å². The molecule has 0 aliphatic rings. The van der Waals surface area contributed by atoms with Crippen molar-refractivity contribution in [3.63, 3.8) is 0 Å². The molecule has 40 heavy (non-hydrogen) atoms. The molecule has 0 spiro atoms. The van der Waals surface area contributed by atoms with Crippen LogP contribution < -0.4 is 20.5 Å². The molecule has 0 fully saturated rings. The Morgan fingerprint density at radius 1 is 1.05 bits per heavy atom. The fourth-order valence-corrected chi connectivity index (χ4v) is 4.89. The van der Waals surface area contributed by atoms with E-state index in [1.807, 2.05) is 0 Å². The van der Waals surface area contributed by atoms with Crippen LogP contribution >= 0.6 is 0 Å². The van der Waals surface area contributed by atoms with Gasteiger partial charge in [-0.05, 0) is 62.7 Å². The van der Waals surface area contributed by atoms with E-state index in [1.54, 1.807) is 45.0 Å². The molecular weight excluding hydrogens is 544 g/mol. The van der Waals surface area contributed by atoms with E-state index in [-0.39, 0.29) is 23.9 Å². The summed E-state index contributed by atoms with van der Waals surface area (Å²) in [5, 5.41) is 3.35. The standard InChI is InChI=1S/C27H27F2N5O5S/c1-27(2,3)39-26(35)32-14-18-10-16-9-15(5-7-21(16)33-24(18)30)17-11-22(25(38-4)31-13-17)34-40(36,37)23-8-6-19(28)12-20(23)29/h5-13,34H,14H2,1-4H3,(H2,30,33)(H,32,35). The summed E-state index contributed by atoms with van der Waals surface area (Å²) < 4.78 is 65.9. The van der Waals surface area contributed by atoms with Gasteiger partial charge in [-0.25, -0.2) is 32.0 Å². The Morgan fingerprint density at radius 2 is 1.80 bits per heavy atom. The number of halogens is 2. The molecule has 0 saturated carbocycles. The molecule has 2 heterocycles. The molecule has 0 aliphatic carbocycles. The molecule has 210 valence electrons.